The number of amides is 2. The van der Waals surface area contributed by atoms with Crippen LogP contribution in [0.5, 0.6) is 11.5 Å². The predicted octanol–water partition coefficient (Wildman–Crippen LogP) is 3.49. The molecule has 7 nitrogen and oxygen atoms in total. The first-order valence-corrected chi connectivity index (χ1v) is 11.1. The van der Waals surface area contributed by atoms with Gasteiger partial charge in [-0.15, -0.1) is 0 Å². The molecule has 1 saturated carbocycles. The minimum Gasteiger partial charge on any atom is -0.489 e. The van der Waals surface area contributed by atoms with Gasteiger partial charge in [0.1, 0.15) is 36.3 Å². The maximum Gasteiger partial charge on any atom is 0.255 e. The van der Waals surface area contributed by atoms with Crippen LogP contribution in [0.2, 0.25) is 5.02 Å². The summed E-state index contributed by atoms with van der Waals surface area (Å²) in [6.45, 7) is 2.43. The number of nitriles is 1. The van der Waals surface area contributed by atoms with Crippen LogP contribution < -0.4 is 20.1 Å². The summed E-state index contributed by atoms with van der Waals surface area (Å²) >= 11 is 6.37. The lowest BCUT2D eigenvalue weighted by Crippen LogP contribution is -2.51. The summed E-state index contributed by atoms with van der Waals surface area (Å²) in [7, 11) is 0. The zero-order valence-corrected chi connectivity index (χ0v) is 18.9. The van der Waals surface area contributed by atoms with Crippen molar-refractivity contribution in [3.8, 4) is 17.6 Å². The van der Waals surface area contributed by atoms with Crippen LogP contribution in [-0.4, -0.2) is 36.6 Å². The third-order valence-electron chi connectivity index (χ3n) is 5.60. The highest BCUT2D eigenvalue weighted by Crippen LogP contribution is 2.34. The monoisotopic (exact) mass is 465 g/mol. The van der Waals surface area contributed by atoms with E-state index in [1.165, 1.54) is 0 Å². The van der Waals surface area contributed by atoms with Crippen LogP contribution in [-0.2, 0) is 11.2 Å². The van der Waals surface area contributed by atoms with Crippen molar-refractivity contribution in [3.63, 3.8) is 0 Å². The smallest absolute Gasteiger partial charge is 0.255 e. The first-order chi connectivity index (χ1) is 15.9. The molecule has 0 saturated heterocycles. The molecule has 0 unspecified atom stereocenters. The van der Waals surface area contributed by atoms with E-state index in [0.717, 1.165) is 11.1 Å². The van der Waals surface area contributed by atoms with E-state index < -0.39 is 23.4 Å². The third kappa shape index (κ3) is 5.47. The molecule has 0 spiro atoms. The SMILES string of the molecule is Cc1ccc2c(c1)C(=O)N[C@H](C(=O)NC1(C#N)CC1)Cc1ccc(c(Cl)c1)OC/C=C/CO2. The Hall–Kier alpha value is -3.50. The maximum absolute atomic E-state index is 13.2. The van der Waals surface area contributed by atoms with Crippen LogP contribution >= 0.6 is 11.6 Å². The number of carbonyl (C=O) groups is 2. The van der Waals surface area contributed by atoms with Gasteiger partial charge in [0.2, 0.25) is 5.91 Å². The Morgan fingerprint density at radius 1 is 1.15 bits per heavy atom. The van der Waals surface area contributed by atoms with Gasteiger partial charge in [-0.1, -0.05) is 29.3 Å². The molecular weight excluding hydrogens is 442 g/mol. The molecule has 1 atom stereocenters. The van der Waals surface area contributed by atoms with Crippen molar-refractivity contribution in [2.45, 2.75) is 37.8 Å². The number of nitrogens with zero attached hydrogens (tertiary/aromatic N) is 1. The molecule has 1 aliphatic carbocycles. The Morgan fingerprint density at radius 2 is 1.85 bits per heavy atom. The summed E-state index contributed by atoms with van der Waals surface area (Å²) in [4.78, 5) is 26.3. The number of hydrogen-bond acceptors (Lipinski definition) is 5. The number of benzene rings is 2. The van der Waals surface area contributed by atoms with Crippen molar-refractivity contribution in [1.82, 2.24) is 10.6 Å². The highest BCUT2D eigenvalue weighted by molar-refractivity contribution is 6.32. The summed E-state index contributed by atoms with van der Waals surface area (Å²) in [5, 5.41) is 15.4. The van der Waals surface area contributed by atoms with E-state index in [1.807, 2.05) is 25.1 Å². The zero-order valence-electron chi connectivity index (χ0n) is 18.2. The molecule has 3 aliphatic rings. The average molecular weight is 466 g/mol. The number of nitrogens with one attached hydrogen (secondary N) is 2. The molecule has 2 heterocycles. The Balaban J connectivity index is 1.67. The third-order valence-corrected chi connectivity index (χ3v) is 5.90. The van der Waals surface area contributed by atoms with Gasteiger partial charge >= 0.3 is 0 Å². The molecule has 2 aromatic carbocycles. The first kappa shape index (κ1) is 22.7. The van der Waals surface area contributed by atoms with Crippen molar-refractivity contribution in [2.75, 3.05) is 13.2 Å². The Morgan fingerprint density at radius 3 is 2.52 bits per heavy atom. The molecule has 5 rings (SSSR count). The van der Waals surface area contributed by atoms with Crippen LogP contribution in [0.1, 0.15) is 34.3 Å². The number of fused-ring (bicyclic) bond motifs is 9. The normalized spacial score (nSPS) is 20.3. The number of ether oxygens (including phenoxy) is 2. The van der Waals surface area contributed by atoms with Crippen molar-refractivity contribution >= 4 is 23.4 Å². The number of carbonyl (C=O) groups excluding carboxylic acids is 2. The van der Waals surface area contributed by atoms with Gasteiger partial charge in [-0.05, 0) is 61.7 Å². The van der Waals surface area contributed by atoms with Crippen LogP contribution in [0.4, 0.5) is 0 Å². The first-order valence-electron chi connectivity index (χ1n) is 10.7. The van der Waals surface area contributed by atoms with E-state index in [9.17, 15) is 14.9 Å². The van der Waals surface area contributed by atoms with Crippen LogP contribution in [0.25, 0.3) is 0 Å². The molecule has 0 aromatic heterocycles. The van der Waals surface area contributed by atoms with E-state index in [-0.39, 0.29) is 13.0 Å². The van der Waals surface area contributed by atoms with Crippen LogP contribution in [0.3, 0.4) is 0 Å². The number of halogens is 1. The maximum atomic E-state index is 13.2. The minimum absolute atomic E-state index is 0.195. The predicted molar refractivity (Wildman–Crippen MR) is 123 cm³/mol. The molecule has 8 heteroatoms. The Bertz CT molecular complexity index is 1150. The fourth-order valence-corrected chi connectivity index (χ4v) is 3.80. The molecule has 2 bridgehead atoms. The van der Waals surface area contributed by atoms with E-state index >= 15 is 0 Å². The molecule has 1 fully saturated rings. The lowest BCUT2D eigenvalue weighted by molar-refractivity contribution is -0.123. The molecular formula is C25H24ClN3O4. The molecule has 170 valence electrons. The van der Waals surface area contributed by atoms with Gasteiger partial charge in [-0.25, -0.2) is 0 Å². The van der Waals surface area contributed by atoms with Gasteiger partial charge < -0.3 is 20.1 Å². The summed E-state index contributed by atoms with van der Waals surface area (Å²) in [6, 6.07) is 11.8. The molecule has 2 amide bonds. The topological polar surface area (TPSA) is 100 Å². The number of hydrogen-bond donors (Lipinski definition) is 2. The lowest BCUT2D eigenvalue weighted by Gasteiger charge is -2.22. The second kappa shape index (κ2) is 9.55. The number of rotatable bonds is 2. The van der Waals surface area contributed by atoms with Gasteiger partial charge in [-0.2, -0.15) is 5.26 Å². The molecule has 0 radical (unpaired) electrons. The van der Waals surface area contributed by atoms with Crippen molar-refractivity contribution in [2.24, 2.45) is 0 Å². The van der Waals surface area contributed by atoms with Crippen LogP contribution in [0.15, 0.2) is 48.6 Å². The second-order valence-corrected chi connectivity index (χ2v) is 8.68. The van der Waals surface area contributed by atoms with E-state index in [4.69, 9.17) is 21.1 Å². The van der Waals surface area contributed by atoms with Gasteiger partial charge in [0.25, 0.3) is 5.91 Å². The summed E-state index contributed by atoms with van der Waals surface area (Å²) < 4.78 is 11.5. The molecule has 2 N–H and O–H groups in total. The highest BCUT2D eigenvalue weighted by atomic mass is 35.5. The van der Waals surface area contributed by atoms with E-state index in [0.29, 0.717) is 41.5 Å². The fraction of sp³-hybridized carbons (Fsp3) is 0.320. The molecule has 2 aliphatic heterocycles. The summed E-state index contributed by atoms with van der Waals surface area (Å²) in [5.74, 6) is 0.0816. The quantitative estimate of drug-likeness (QED) is 0.661. The van der Waals surface area contributed by atoms with Crippen molar-refractivity contribution in [3.05, 3.63) is 70.3 Å². The van der Waals surface area contributed by atoms with Gasteiger partial charge in [0.15, 0.2) is 0 Å². The van der Waals surface area contributed by atoms with Crippen LogP contribution in [0, 0.1) is 18.3 Å². The van der Waals surface area contributed by atoms with Gasteiger partial charge in [-0.3, -0.25) is 9.59 Å². The Labute approximate surface area is 197 Å². The van der Waals surface area contributed by atoms with Crippen molar-refractivity contribution < 1.29 is 19.1 Å². The largest absolute Gasteiger partial charge is 0.489 e. The summed E-state index contributed by atoms with van der Waals surface area (Å²) in [6.07, 6.45) is 4.99. The zero-order chi connectivity index (χ0) is 23.4. The van der Waals surface area contributed by atoms with E-state index in [1.54, 1.807) is 30.3 Å². The van der Waals surface area contributed by atoms with Gasteiger partial charge in [0.05, 0.1) is 16.7 Å². The summed E-state index contributed by atoms with van der Waals surface area (Å²) in [5.41, 5.74) is 1.11. The fourth-order valence-electron chi connectivity index (χ4n) is 3.54. The Kier molecular flexibility index (Phi) is 6.57. The standard InChI is InChI=1S/C25H24ClN3O4/c1-16-4-6-21-18(12-16)23(30)28-20(24(31)29-25(15-27)8-9-25)14-17-5-7-22(19(26)13-17)33-11-3-2-10-32-21/h2-7,12-13,20H,8-11,14H2,1H3,(H,28,30)(H,29,31)/b3-2+/t20-/m0/s1. The average Bonchev–Trinajstić information content (AvgIpc) is 3.56. The molecule has 2 aromatic rings. The van der Waals surface area contributed by atoms with Gasteiger partial charge in [0, 0.05) is 6.42 Å². The van der Waals surface area contributed by atoms with E-state index in [2.05, 4.69) is 16.7 Å². The molecule has 33 heavy (non-hydrogen) atoms. The second-order valence-electron chi connectivity index (χ2n) is 8.27. The lowest BCUT2D eigenvalue weighted by atomic mass is 10.0. The number of aryl methyl sites for hydroxylation is 1. The van der Waals surface area contributed by atoms with Crippen molar-refractivity contribution in [1.29, 1.82) is 5.26 Å². The minimum atomic E-state index is -0.910. The highest BCUT2D eigenvalue weighted by Gasteiger charge is 2.45.